The Morgan fingerprint density at radius 3 is 3.04 bits per heavy atom. The first-order valence-corrected chi connectivity index (χ1v) is 7.88. The first-order chi connectivity index (χ1) is 11.7. The third-order valence-corrected chi connectivity index (χ3v) is 4.16. The minimum Gasteiger partial charge on any atom is -0.471 e. The fourth-order valence-corrected chi connectivity index (χ4v) is 2.88. The van der Waals surface area contributed by atoms with Crippen LogP contribution < -0.4 is 4.74 Å². The van der Waals surface area contributed by atoms with Gasteiger partial charge in [-0.05, 0) is 31.2 Å². The number of ether oxygens (including phenoxy) is 1. The topological polar surface area (TPSA) is 84.0 Å². The van der Waals surface area contributed by atoms with E-state index in [0.717, 1.165) is 23.1 Å². The molecule has 1 aliphatic rings. The summed E-state index contributed by atoms with van der Waals surface area (Å²) in [5.41, 5.74) is 3.22. The van der Waals surface area contributed by atoms with Crippen LogP contribution in [0.4, 0.5) is 0 Å². The fourth-order valence-electron chi connectivity index (χ4n) is 2.88. The number of aromatic amines is 1. The Kier molecular flexibility index (Phi) is 3.60. The highest BCUT2D eigenvalue weighted by Crippen LogP contribution is 2.20. The molecule has 1 atom stereocenters. The van der Waals surface area contributed by atoms with Crippen molar-refractivity contribution in [2.75, 3.05) is 13.1 Å². The molecule has 0 bridgehead atoms. The molecule has 122 valence electrons. The number of likely N-dealkylation sites (tertiary alicyclic amines) is 1. The maximum atomic E-state index is 12.7. The van der Waals surface area contributed by atoms with E-state index in [4.69, 9.17) is 4.74 Å². The Balaban J connectivity index is 1.43. The molecule has 1 unspecified atom stereocenters. The van der Waals surface area contributed by atoms with Gasteiger partial charge in [0.2, 0.25) is 5.88 Å². The van der Waals surface area contributed by atoms with Crippen LogP contribution in [0.5, 0.6) is 5.88 Å². The molecule has 0 aliphatic carbocycles. The van der Waals surface area contributed by atoms with Crippen molar-refractivity contribution >= 4 is 16.9 Å². The van der Waals surface area contributed by atoms with Crippen LogP contribution in [0, 0.1) is 6.92 Å². The molecular weight excluding hydrogens is 306 g/mol. The summed E-state index contributed by atoms with van der Waals surface area (Å²) in [6.45, 7) is 3.10. The summed E-state index contributed by atoms with van der Waals surface area (Å²) in [6.07, 6.45) is 2.36. The van der Waals surface area contributed by atoms with E-state index in [2.05, 4.69) is 20.2 Å². The van der Waals surface area contributed by atoms with Gasteiger partial charge >= 0.3 is 0 Å². The van der Waals surface area contributed by atoms with E-state index in [1.165, 1.54) is 0 Å². The van der Waals surface area contributed by atoms with E-state index in [9.17, 15) is 4.79 Å². The summed E-state index contributed by atoms with van der Waals surface area (Å²) < 4.78 is 5.82. The fraction of sp³-hybridized carbons (Fsp3) is 0.294. The number of hydrogen-bond acceptors (Lipinski definition) is 5. The number of hydrogen-bond donors (Lipinski definition) is 1. The zero-order chi connectivity index (χ0) is 16.5. The monoisotopic (exact) mass is 323 g/mol. The first kappa shape index (κ1) is 14.6. The number of imidazole rings is 1. The summed E-state index contributed by atoms with van der Waals surface area (Å²) in [4.78, 5) is 21.7. The average molecular weight is 323 g/mol. The third kappa shape index (κ3) is 2.80. The lowest BCUT2D eigenvalue weighted by molar-refractivity contribution is 0.0771. The zero-order valence-corrected chi connectivity index (χ0v) is 13.3. The van der Waals surface area contributed by atoms with Crippen LogP contribution in [0.25, 0.3) is 11.0 Å². The predicted molar refractivity (Wildman–Crippen MR) is 87.8 cm³/mol. The lowest BCUT2D eigenvalue weighted by atomic mass is 10.2. The number of nitrogens with one attached hydrogen (secondary N) is 1. The maximum Gasteiger partial charge on any atom is 0.254 e. The number of fused-ring (bicyclic) bond motifs is 1. The van der Waals surface area contributed by atoms with Crippen LogP contribution >= 0.6 is 0 Å². The smallest absolute Gasteiger partial charge is 0.254 e. The summed E-state index contributed by atoms with van der Waals surface area (Å²) in [5, 5.41) is 7.99. The van der Waals surface area contributed by atoms with E-state index in [0.29, 0.717) is 24.5 Å². The van der Waals surface area contributed by atoms with Gasteiger partial charge in [-0.1, -0.05) is 0 Å². The van der Waals surface area contributed by atoms with Crippen LogP contribution in [0.3, 0.4) is 0 Å². The molecule has 2 aromatic heterocycles. The Hall–Kier alpha value is -2.96. The number of carbonyl (C=O) groups excluding carboxylic acids is 1. The van der Waals surface area contributed by atoms with Gasteiger partial charge in [0.05, 0.1) is 29.6 Å². The molecule has 1 fully saturated rings. The number of H-pyrrole nitrogens is 1. The number of carbonyl (C=O) groups is 1. The van der Waals surface area contributed by atoms with Crippen molar-refractivity contribution in [2.45, 2.75) is 19.4 Å². The normalized spacial score (nSPS) is 17.4. The highest BCUT2D eigenvalue weighted by molar-refractivity contribution is 5.97. The predicted octanol–water partition coefficient (Wildman–Crippen LogP) is 1.95. The molecule has 4 rings (SSSR count). The molecule has 1 aromatic carbocycles. The van der Waals surface area contributed by atoms with Gasteiger partial charge < -0.3 is 14.6 Å². The number of aromatic nitrogens is 4. The van der Waals surface area contributed by atoms with E-state index in [1.807, 2.05) is 36.1 Å². The summed E-state index contributed by atoms with van der Waals surface area (Å²) in [7, 11) is 0. The molecule has 1 saturated heterocycles. The zero-order valence-electron chi connectivity index (χ0n) is 13.3. The molecule has 1 aliphatic heterocycles. The van der Waals surface area contributed by atoms with Crippen molar-refractivity contribution in [3.8, 4) is 5.88 Å². The number of nitrogens with zero attached hydrogens (tertiary/aromatic N) is 4. The molecule has 7 nitrogen and oxygen atoms in total. The lowest BCUT2D eigenvalue weighted by Gasteiger charge is -2.17. The molecule has 0 radical (unpaired) electrons. The maximum absolute atomic E-state index is 12.7. The molecule has 1 amide bonds. The van der Waals surface area contributed by atoms with Crippen molar-refractivity contribution in [1.29, 1.82) is 0 Å². The molecule has 7 heteroatoms. The minimum absolute atomic E-state index is 0.00703. The van der Waals surface area contributed by atoms with Gasteiger partial charge in [-0.2, -0.15) is 5.10 Å². The van der Waals surface area contributed by atoms with E-state index < -0.39 is 0 Å². The van der Waals surface area contributed by atoms with E-state index >= 15 is 0 Å². The number of aryl methyl sites for hydroxylation is 1. The second kappa shape index (κ2) is 5.92. The summed E-state index contributed by atoms with van der Waals surface area (Å²) in [6, 6.07) is 9.17. The number of benzene rings is 1. The van der Waals surface area contributed by atoms with Crippen molar-refractivity contribution in [3.63, 3.8) is 0 Å². The Labute approximate surface area is 138 Å². The molecular formula is C17H17N5O2. The van der Waals surface area contributed by atoms with Crippen LogP contribution in [0.15, 0.2) is 36.7 Å². The van der Waals surface area contributed by atoms with E-state index in [1.54, 1.807) is 12.4 Å². The average Bonchev–Trinajstić information content (AvgIpc) is 3.24. The Bertz CT molecular complexity index is 874. The Morgan fingerprint density at radius 1 is 1.29 bits per heavy atom. The summed E-state index contributed by atoms with van der Waals surface area (Å²) >= 11 is 0. The molecule has 3 heterocycles. The number of amides is 1. The third-order valence-electron chi connectivity index (χ3n) is 4.16. The van der Waals surface area contributed by atoms with Gasteiger partial charge in [0.1, 0.15) is 6.10 Å². The largest absolute Gasteiger partial charge is 0.471 e. The van der Waals surface area contributed by atoms with Crippen LogP contribution in [0.1, 0.15) is 22.5 Å². The molecule has 0 saturated carbocycles. The highest BCUT2D eigenvalue weighted by Gasteiger charge is 2.28. The second-order valence-electron chi connectivity index (χ2n) is 5.93. The van der Waals surface area contributed by atoms with Crippen molar-refractivity contribution in [2.24, 2.45) is 0 Å². The molecule has 1 N–H and O–H groups in total. The van der Waals surface area contributed by atoms with Gasteiger partial charge in [-0.3, -0.25) is 4.79 Å². The highest BCUT2D eigenvalue weighted by atomic mass is 16.5. The summed E-state index contributed by atoms with van der Waals surface area (Å²) in [5.74, 6) is 0.506. The number of rotatable bonds is 3. The molecule has 24 heavy (non-hydrogen) atoms. The lowest BCUT2D eigenvalue weighted by Crippen LogP contribution is -2.31. The SMILES string of the molecule is Cc1ccc(OC2CCN(C(=O)c3ccc4nc[nH]c4c3)C2)nn1. The molecule has 3 aromatic rings. The minimum atomic E-state index is -0.0539. The second-order valence-corrected chi connectivity index (χ2v) is 5.93. The van der Waals surface area contributed by atoms with Gasteiger partial charge in [0.25, 0.3) is 5.91 Å². The van der Waals surface area contributed by atoms with Crippen molar-refractivity contribution in [3.05, 3.63) is 47.9 Å². The first-order valence-electron chi connectivity index (χ1n) is 7.88. The van der Waals surface area contributed by atoms with Gasteiger partial charge in [-0.15, -0.1) is 5.10 Å². The van der Waals surface area contributed by atoms with E-state index in [-0.39, 0.29) is 12.0 Å². The Morgan fingerprint density at radius 2 is 2.21 bits per heavy atom. The van der Waals surface area contributed by atoms with Crippen molar-refractivity contribution < 1.29 is 9.53 Å². The van der Waals surface area contributed by atoms with Crippen molar-refractivity contribution in [1.82, 2.24) is 25.1 Å². The van der Waals surface area contributed by atoms with Gasteiger partial charge in [0.15, 0.2) is 0 Å². The molecule has 0 spiro atoms. The van der Waals surface area contributed by atoms with Gasteiger partial charge in [0, 0.05) is 24.6 Å². The van der Waals surface area contributed by atoms with Gasteiger partial charge in [-0.25, -0.2) is 4.98 Å². The van der Waals surface area contributed by atoms with Crippen LogP contribution in [-0.2, 0) is 0 Å². The standard InChI is InChI=1S/C17H17N5O2/c1-11-2-5-16(21-20-11)24-13-6-7-22(9-13)17(23)12-3-4-14-15(8-12)19-10-18-14/h2-5,8,10,13H,6-7,9H2,1H3,(H,18,19). The quantitative estimate of drug-likeness (QED) is 0.796. The van der Waals surface area contributed by atoms with Crippen LogP contribution in [-0.4, -0.2) is 50.2 Å². The van der Waals surface area contributed by atoms with Crippen LogP contribution in [0.2, 0.25) is 0 Å².